The summed E-state index contributed by atoms with van der Waals surface area (Å²) in [4.78, 5) is 26.9. The SMILES string of the molecule is C=C(C)[C@@]12C[C@@H](C)[C@]34O[C@@](Cc5ccccc5)(O[C@H]1[C@@H]3C=C(COC(=O)Cc1cc(I)c(O)c(OC)c1)C[C@@]1(O)C(=O)C(C)=C[C@@H]41)O2. The summed E-state index contributed by atoms with van der Waals surface area (Å²) >= 11 is 1.98. The number of ketones is 1. The molecule has 2 aromatic carbocycles. The molecule has 0 spiro atoms. The van der Waals surface area contributed by atoms with Crippen molar-refractivity contribution in [3.05, 3.63) is 92.6 Å². The normalized spacial score (nSPS) is 36.6. The van der Waals surface area contributed by atoms with Crippen molar-refractivity contribution in [3.63, 3.8) is 0 Å². The second-order valence-electron chi connectivity index (χ2n) is 13.8. The highest BCUT2D eigenvalue weighted by molar-refractivity contribution is 14.1. The first-order valence-corrected chi connectivity index (χ1v) is 17.0. The maximum absolute atomic E-state index is 13.8. The van der Waals surface area contributed by atoms with Crippen LogP contribution in [0.4, 0.5) is 0 Å². The number of aromatic hydroxyl groups is 1. The van der Waals surface area contributed by atoms with E-state index in [1.165, 1.54) is 7.11 Å². The van der Waals surface area contributed by atoms with Gasteiger partial charge in [0.25, 0.3) is 5.97 Å². The zero-order valence-corrected chi connectivity index (χ0v) is 29.0. The summed E-state index contributed by atoms with van der Waals surface area (Å²) in [5, 5.41) is 22.6. The molecule has 2 N–H and O–H groups in total. The van der Waals surface area contributed by atoms with Crippen molar-refractivity contribution >= 4 is 34.3 Å². The molecule has 0 aromatic heterocycles. The predicted octanol–water partition coefficient (Wildman–Crippen LogP) is 5.35. The third kappa shape index (κ3) is 4.85. The molecule has 2 aliphatic heterocycles. The fraction of sp³-hybridized carbons (Fsp3) is 0.459. The van der Waals surface area contributed by atoms with Crippen molar-refractivity contribution in [2.75, 3.05) is 13.7 Å². The van der Waals surface area contributed by atoms with E-state index in [-0.39, 0.29) is 42.6 Å². The van der Waals surface area contributed by atoms with E-state index in [1.54, 1.807) is 19.1 Å². The van der Waals surface area contributed by atoms with Gasteiger partial charge >= 0.3 is 5.97 Å². The first-order chi connectivity index (χ1) is 22.3. The van der Waals surface area contributed by atoms with Crippen LogP contribution in [0.1, 0.15) is 44.7 Å². The van der Waals surface area contributed by atoms with Crippen LogP contribution in [0.3, 0.4) is 0 Å². The zero-order valence-electron chi connectivity index (χ0n) is 26.9. The molecule has 3 bridgehead atoms. The van der Waals surface area contributed by atoms with Crippen LogP contribution in [0, 0.1) is 21.3 Å². The number of aliphatic hydroxyl groups is 1. The number of hydrogen-bond acceptors (Lipinski definition) is 9. The minimum atomic E-state index is -1.81. The molecule has 1 saturated carbocycles. The molecule has 5 aliphatic rings. The second kappa shape index (κ2) is 11.3. The number of phenols is 1. The van der Waals surface area contributed by atoms with Gasteiger partial charge in [-0.25, -0.2) is 0 Å². The van der Waals surface area contributed by atoms with Gasteiger partial charge in [-0.1, -0.05) is 56.0 Å². The molecule has 0 amide bonds. The molecule has 0 radical (unpaired) electrons. The summed E-state index contributed by atoms with van der Waals surface area (Å²) in [5.41, 5.74) is -0.244. The first-order valence-electron chi connectivity index (χ1n) is 15.9. The number of benzene rings is 2. The average Bonchev–Trinajstić information content (AvgIpc) is 3.33. The van der Waals surface area contributed by atoms with Crippen LogP contribution in [0.2, 0.25) is 0 Å². The van der Waals surface area contributed by atoms with Gasteiger partial charge in [0, 0.05) is 18.3 Å². The standard InChI is InChI=1S/C37H39IO9/c1-20(2)35-16-22(4)37-26(33(35)45-36(46-35,47-37)18-23-9-7-6-8-10-23)12-25(17-34(42)29(37)11-21(3)32(34)41)19-44-30(39)15-24-13-27(38)31(40)28(14-24)43-5/h6-14,22,26,29,33,40,42H,1,15-19H2,2-5H3/t22-,26+,29-,33+,34+,35+,36+,37+/m1/s1. The quantitative estimate of drug-likeness (QED) is 0.209. The van der Waals surface area contributed by atoms with Crippen LogP contribution < -0.4 is 4.74 Å². The first kappa shape index (κ1) is 32.5. The molecule has 7 rings (SSSR count). The number of halogens is 1. The highest BCUT2D eigenvalue weighted by Crippen LogP contribution is 2.68. The Kier molecular flexibility index (Phi) is 7.79. The number of fused-ring (bicyclic) bond motifs is 2. The van der Waals surface area contributed by atoms with Crippen LogP contribution in [0.15, 0.2) is 77.9 Å². The number of carbonyl (C=O) groups excluding carboxylic acids is 2. The molecule has 8 atom stereocenters. The Labute approximate surface area is 287 Å². The van der Waals surface area contributed by atoms with E-state index in [9.17, 15) is 19.8 Å². The Balaban J connectivity index is 1.26. The van der Waals surface area contributed by atoms with Crippen molar-refractivity contribution in [1.29, 1.82) is 0 Å². The summed E-state index contributed by atoms with van der Waals surface area (Å²) in [7, 11) is 1.45. The molecule has 10 heteroatoms. The fourth-order valence-electron chi connectivity index (χ4n) is 8.76. The van der Waals surface area contributed by atoms with Gasteiger partial charge in [-0.3, -0.25) is 9.59 Å². The number of methoxy groups -OCH3 is 1. The highest BCUT2D eigenvalue weighted by Gasteiger charge is 2.79. The molecular weight excluding hydrogens is 715 g/mol. The molecule has 2 saturated heterocycles. The zero-order chi connectivity index (χ0) is 33.5. The number of rotatable bonds is 8. The Morgan fingerprint density at radius 2 is 1.89 bits per heavy atom. The van der Waals surface area contributed by atoms with Gasteiger partial charge in [0.15, 0.2) is 17.3 Å². The lowest BCUT2D eigenvalue weighted by molar-refractivity contribution is -0.421. The fourth-order valence-corrected chi connectivity index (χ4v) is 9.43. The van der Waals surface area contributed by atoms with Gasteiger partial charge in [0.05, 0.1) is 29.1 Å². The van der Waals surface area contributed by atoms with E-state index in [2.05, 4.69) is 13.5 Å². The minimum Gasteiger partial charge on any atom is -0.504 e. The molecule has 2 aromatic rings. The van der Waals surface area contributed by atoms with Gasteiger partial charge in [0.1, 0.15) is 23.9 Å². The van der Waals surface area contributed by atoms with E-state index in [0.29, 0.717) is 33.1 Å². The van der Waals surface area contributed by atoms with Crippen LogP contribution in [-0.4, -0.2) is 64.6 Å². The van der Waals surface area contributed by atoms with E-state index in [0.717, 1.165) is 11.1 Å². The van der Waals surface area contributed by atoms with Crippen LogP contribution in [-0.2, 0) is 41.4 Å². The minimum absolute atomic E-state index is 0.00680. The van der Waals surface area contributed by atoms with E-state index < -0.39 is 46.7 Å². The Bertz CT molecular complexity index is 1730. The number of hydrogen-bond donors (Lipinski definition) is 2. The van der Waals surface area contributed by atoms with Crippen molar-refractivity contribution in [3.8, 4) is 11.5 Å². The molecule has 2 heterocycles. The second-order valence-corrected chi connectivity index (χ2v) is 15.0. The average molecular weight is 755 g/mol. The highest BCUT2D eigenvalue weighted by atomic mass is 127. The maximum Gasteiger partial charge on any atom is 0.310 e. The van der Waals surface area contributed by atoms with Crippen molar-refractivity contribution in [2.45, 2.75) is 75.3 Å². The summed E-state index contributed by atoms with van der Waals surface area (Å²) in [5.74, 6) is -3.34. The van der Waals surface area contributed by atoms with Gasteiger partial charge < -0.3 is 33.9 Å². The van der Waals surface area contributed by atoms with Crippen molar-refractivity contribution < 1.29 is 43.5 Å². The predicted molar refractivity (Wildman–Crippen MR) is 179 cm³/mol. The lowest BCUT2D eigenvalue weighted by Gasteiger charge is -2.59. The third-order valence-corrected chi connectivity index (χ3v) is 11.6. The number of esters is 1. The molecule has 0 unspecified atom stereocenters. The molecule has 248 valence electrons. The topological polar surface area (TPSA) is 121 Å². The summed E-state index contributed by atoms with van der Waals surface area (Å²) in [6.07, 6.45) is 4.13. The van der Waals surface area contributed by atoms with Crippen LogP contribution >= 0.6 is 22.6 Å². The lowest BCUT2D eigenvalue weighted by Crippen LogP contribution is -2.70. The van der Waals surface area contributed by atoms with Gasteiger partial charge in [-0.05, 0) is 88.8 Å². The molecular formula is C37H39IO9. The summed E-state index contributed by atoms with van der Waals surface area (Å²) in [6, 6.07) is 13.1. The number of Topliss-reactive ketones (excluding diaryl/α,β-unsaturated/α-hetero) is 1. The van der Waals surface area contributed by atoms with Crippen LogP contribution in [0.5, 0.6) is 11.5 Å². The summed E-state index contributed by atoms with van der Waals surface area (Å²) < 4.78 is 32.5. The monoisotopic (exact) mass is 754 g/mol. The Morgan fingerprint density at radius 3 is 2.60 bits per heavy atom. The molecule has 3 aliphatic carbocycles. The van der Waals surface area contributed by atoms with Gasteiger partial charge in [-0.2, -0.15) is 0 Å². The van der Waals surface area contributed by atoms with Gasteiger partial charge in [0.2, 0.25) is 0 Å². The maximum atomic E-state index is 13.8. The number of ether oxygens (including phenoxy) is 5. The third-order valence-electron chi connectivity index (χ3n) is 10.8. The molecule has 9 nitrogen and oxygen atoms in total. The Hall–Kier alpha value is -3.03. The number of phenolic OH excluding ortho intramolecular Hbond substituents is 1. The molecule has 3 fully saturated rings. The van der Waals surface area contributed by atoms with E-state index in [4.69, 9.17) is 23.7 Å². The smallest absolute Gasteiger partial charge is 0.310 e. The van der Waals surface area contributed by atoms with E-state index in [1.807, 2.05) is 72.0 Å². The lowest BCUT2D eigenvalue weighted by atomic mass is 9.55. The Morgan fingerprint density at radius 1 is 1.15 bits per heavy atom. The van der Waals surface area contributed by atoms with Crippen LogP contribution in [0.25, 0.3) is 0 Å². The van der Waals surface area contributed by atoms with E-state index >= 15 is 0 Å². The summed E-state index contributed by atoms with van der Waals surface area (Å²) in [6.45, 7) is 9.99. The van der Waals surface area contributed by atoms with Crippen molar-refractivity contribution in [2.24, 2.45) is 17.8 Å². The van der Waals surface area contributed by atoms with Gasteiger partial charge in [-0.15, -0.1) is 0 Å². The molecule has 47 heavy (non-hydrogen) atoms. The van der Waals surface area contributed by atoms with Crippen molar-refractivity contribution in [1.82, 2.24) is 0 Å². The largest absolute Gasteiger partial charge is 0.504 e. The number of carbonyl (C=O) groups is 2.